The average molecular weight is 1140 g/mol. The van der Waals surface area contributed by atoms with Crippen LogP contribution in [0.15, 0.2) is 231 Å². The normalized spacial score (nSPS) is 14.7. The number of benzene rings is 11. The van der Waals surface area contributed by atoms with Crippen molar-refractivity contribution in [3.63, 3.8) is 0 Å². The van der Waals surface area contributed by atoms with Gasteiger partial charge in [0, 0.05) is 65.6 Å². The molecule has 4 aromatic heterocycles. The van der Waals surface area contributed by atoms with Crippen molar-refractivity contribution >= 4 is 110 Å². The number of hydrogen-bond donors (Lipinski definition) is 0. The molecule has 0 N–H and O–H groups in total. The Labute approximate surface area is 516 Å². The van der Waals surface area contributed by atoms with Crippen molar-refractivity contribution in [2.24, 2.45) is 0 Å². The summed E-state index contributed by atoms with van der Waals surface area (Å²) in [5.74, 6) is 2.02. The molecule has 2 saturated carbocycles. The number of nitrogens with zero attached hydrogens (tertiary/aromatic N) is 4. The van der Waals surface area contributed by atoms with Crippen molar-refractivity contribution in [1.29, 1.82) is 0 Å². The Kier molecular flexibility index (Phi) is 12.7. The Hall–Kier alpha value is -9.38. The molecular weight excluding hydrogens is 1060 g/mol. The topological polar surface area (TPSA) is 15.3 Å². The second kappa shape index (κ2) is 21.2. The molecule has 430 valence electrons. The zero-order chi connectivity index (χ0) is 58.7. The summed E-state index contributed by atoms with van der Waals surface area (Å²) >= 11 is 0. The van der Waals surface area contributed by atoms with Crippen molar-refractivity contribution in [2.75, 3.05) is 9.80 Å². The fraction of sp³-hybridized carbons (Fsp3) is 0.214. The van der Waals surface area contributed by atoms with E-state index in [2.05, 4.69) is 277 Å². The van der Waals surface area contributed by atoms with Crippen LogP contribution in [-0.4, -0.2) is 8.80 Å². The molecule has 0 saturated heterocycles. The van der Waals surface area contributed by atoms with Gasteiger partial charge in [-0.3, -0.25) is 0 Å². The van der Waals surface area contributed by atoms with E-state index in [0.29, 0.717) is 23.7 Å². The molecule has 0 spiro atoms. The van der Waals surface area contributed by atoms with Crippen LogP contribution < -0.4 is 9.80 Å². The predicted octanol–water partition coefficient (Wildman–Crippen LogP) is 24.6. The predicted molar refractivity (Wildman–Crippen MR) is 376 cm³/mol. The van der Waals surface area contributed by atoms with E-state index in [0.717, 1.165) is 11.4 Å². The third-order valence-corrected chi connectivity index (χ3v) is 20.7. The van der Waals surface area contributed by atoms with Gasteiger partial charge in [0.1, 0.15) is 0 Å². The fourth-order valence-corrected chi connectivity index (χ4v) is 16.3. The molecule has 4 heterocycles. The van der Waals surface area contributed by atoms with Gasteiger partial charge in [-0.2, -0.15) is 0 Å². The van der Waals surface area contributed by atoms with Crippen LogP contribution in [0.25, 0.3) is 98.4 Å². The summed E-state index contributed by atoms with van der Waals surface area (Å²) in [6, 6.07) is 89.2. The Bertz CT molecular complexity index is 4770. The summed E-state index contributed by atoms with van der Waals surface area (Å²) < 4.78 is 5.21. The zero-order valence-corrected chi connectivity index (χ0v) is 51.1. The molecule has 4 nitrogen and oxygen atoms in total. The first kappa shape index (κ1) is 52.9. The second-order valence-electron chi connectivity index (χ2n) is 26.4. The minimum Gasteiger partial charge on any atom is -0.309 e. The maximum absolute atomic E-state index is 2.60. The third kappa shape index (κ3) is 8.38. The molecule has 2 aliphatic rings. The highest BCUT2D eigenvalue weighted by molar-refractivity contribution is 6.32. The van der Waals surface area contributed by atoms with Crippen molar-refractivity contribution in [3.8, 4) is 22.3 Å². The monoisotopic (exact) mass is 1140 g/mol. The highest BCUT2D eigenvalue weighted by atomic mass is 15.2. The maximum Gasteiger partial charge on any atom is 0.0641 e. The molecule has 0 bridgehead atoms. The number of aromatic nitrogens is 2. The smallest absolute Gasteiger partial charge is 0.0641 e. The van der Waals surface area contributed by atoms with Gasteiger partial charge in [-0.1, -0.05) is 212 Å². The number of fused-ring (bicyclic) bond motifs is 12. The van der Waals surface area contributed by atoms with Crippen molar-refractivity contribution in [3.05, 3.63) is 253 Å². The minimum absolute atomic E-state index is 0.425. The standard InChI is InChI=1S/C84H74N4/c1-53(2)55-33-39-63(40-34-55)85(75-45-37-61(57-21-9-5-10-22-57)49-69(75)59-25-13-7-14-26-59)77-47-43-65-71-51-80-72(52-79(71)87-73-31-19-17-29-67(73)81(77)83(65)87)66-44-48-78(82-68-30-18-20-32-74(68)88(80)84(66)82)86(64-41-35-56(36-42-64)54(3)4)76-46-38-62(58-23-11-6-12-24-58)50-70(76)60-27-15-8-16-28-60/h7-8,13-20,25-54,57-58H,5-6,9-12,21-24H2,1-4H3. The lowest BCUT2D eigenvalue weighted by Gasteiger charge is -2.30. The Morgan fingerprint density at radius 1 is 0.318 bits per heavy atom. The number of hydrogen-bond acceptors (Lipinski definition) is 2. The summed E-state index contributed by atoms with van der Waals surface area (Å²) in [7, 11) is 0. The van der Waals surface area contributed by atoms with Crippen LogP contribution in [0.5, 0.6) is 0 Å². The van der Waals surface area contributed by atoms with Gasteiger partial charge < -0.3 is 18.6 Å². The second-order valence-corrected chi connectivity index (χ2v) is 26.4. The highest BCUT2D eigenvalue weighted by Gasteiger charge is 2.31. The van der Waals surface area contributed by atoms with E-state index in [1.807, 2.05) is 0 Å². The molecule has 17 rings (SSSR count). The van der Waals surface area contributed by atoms with Gasteiger partial charge in [0.05, 0.1) is 55.8 Å². The molecule has 2 aliphatic carbocycles. The quantitative estimate of drug-likeness (QED) is 0.121. The zero-order valence-electron chi connectivity index (χ0n) is 51.1. The molecule has 0 unspecified atom stereocenters. The van der Waals surface area contributed by atoms with Crippen LogP contribution >= 0.6 is 0 Å². The van der Waals surface area contributed by atoms with Gasteiger partial charge in [-0.15, -0.1) is 0 Å². The summed E-state index contributed by atoms with van der Waals surface area (Å²) in [6.07, 6.45) is 12.9. The molecule has 4 heteroatoms. The largest absolute Gasteiger partial charge is 0.309 e. The van der Waals surface area contributed by atoms with E-state index in [9.17, 15) is 0 Å². The average Bonchev–Trinajstić information content (AvgIpc) is 1.53. The van der Waals surface area contributed by atoms with Gasteiger partial charge >= 0.3 is 0 Å². The Morgan fingerprint density at radius 3 is 1.09 bits per heavy atom. The summed E-state index contributed by atoms with van der Waals surface area (Å²) in [5.41, 5.74) is 25.2. The van der Waals surface area contributed by atoms with Crippen LogP contribution in [0.1, 0.15) is 138 Å². The number of rotatable bonds is 12. The van der Waals surface area contributed by atoms with Gasteiger partial charge in [-0.25, -0.2) is 0 Å². The lowest BCUT2D eigenvalue weighted by atomic mass is 9.83. The summed E-state index contributed by atoms with van der Waals surface area (Å²) in [5, 5.41) is 10.1. The number of para-hydroxylation sites is 2. The first-order valence-electron chi connectivity index (χ1n) is 32.9. The molecule has 0 aliphatic heterocycles. The van der Waals surface area contributed by atoms with Crippen molar-refractivity contribution in [1.82, 2.24) is 8.80 Å². The van der Waals surface area contributed by atoms with Crippen LogP contribution in [0, 0.1) is 0 Å². The Balaban J connectivity index is 0.905. The molecule has 11 aromatic carbocycles. The summed E-state index contributed by atoms with van der Waals surface area (Å²) in [6.45, 7) is 9.17. The Morgan fingerprint density at radius 2 is 0.693 bits per heavy atom. The SMILES string of the molecule is CC(C)c1ccc(N(c2ccc(C3CCCCC3)cc2-c2ccccc2)c2ccc3c4cc5c(cc4n4c6ccccc6c2c34)c2ccc(N(c3ccc(C(C)C)cc3)c3ccc(C4CCCCC4)cc3-c3ccccc3)c3c4ccccc4n5c23)cc1. The molecule has 2 fully saturated rings. The van der Waals surface area contributed by atoms with E-state index < -0.39 is 0 Å². The molecule has 0 atom stereocenters. The van der Waals surface area contributed by atoms with E-state index in [1.54, 1.807) is 0 Å². The highest BCUT2D eigenvalue weighted by Crippen LogP contribution is 2.54. The summed E-state index contributed by atoms with van der Waals surface area (Å²) in [4.78, 5) is 5.17. The van der Waals surface area contributed by atoms with E-state index in [-0.39, 0.29) is 0 Å². The molecule has 15 aromatic rings. The third-order valence-electron chi connectivity index (χ3n) is 20.7. The molecule has 0 radical (unpaired) electrons. The van der Waals surface area contributed by atoms with Gasteiger partial charge in [0.15, 0.2) is 0 Å². The maximum atomic E-state index is 2.60. The van der Waals surface area contributed by atoms with Gasteiger partial charge in [0.2, 0.25) is 0 Å². The first-order valence-corrected chi connectivity index (χ1v) is 32.9. The molecule has 0 amide bonds. The van der Waals surface area contributed by atoms with Crippen molar-refractivity contribution < 1.29 is 0 Å². The van der Waals surface area contributed by atoms with E-state index >= 15 is 0 Å². The van der Waals surface area contributed by atoms with Crippen LogP contribution in [0.4, 0.5) is 34.1 Å². The van der Waals surface area contributed by atoms with Crippen LogP contribution in [0.3, 0.4) is 0 Å². The lowest BCUT2D eigenvalue weighted by Crippen LogP contribution is -2.13. The van der Waals surface area contributed by atoms with E-state index in [4.69, 9.17) is 0 Å². The van der Waals surface area contributed by atoms with Crippen LogP contribution in [0.2, 0.25) is 0 Å². The van der Waals surface area contributed by atoms with E-state index in [1.165, 1.54) is 208 Å². The molecule has 88 heavy (non-hydrogen) atoms. The minimum atomic E-state index is 0.425. The number of anilines is 6. The van der Waals surface area contributed by atoms with Gasteiger partial charge in [-0.05, 0) is 168 Å². The van der Waals surface area contributed by atoms with Crippen LogP contribution in [-0.2, 0) is 0 Å². The lowest BCUT2D eigenvalue weighted by molar-refractivity contribution is 0.444. The first-order chi connectivity index (χ1) is 43.3. The van der Waals surface area contributed by atoms with Crippen molar-refractivity contribution in [2.45, 2.75) is 116 Å². The fourth-order valence-electron chi connectivity index (χ4n) is 16.3. The van der Waals surface area contributed by atoms with Gasteiger partial charge in [0.25, 0.3) is 0 Å². The molecular formula is C84H74N4.